The minimum absolute atomic E-state index is 0. The quantitative estimate of drug-likeness (QED) is 0.323. The molecule has 1 fully saturated rings. The highest BCUT2D eigenvalue weighted by molar-refractivity contribution is 14.0. The van der Waals surface area contributed by atoms with Crippen molar-refractivity contribution in [3.05, 3.63) is 57.3 Å². The molecule has 2 N–H and O–H groups in total. The maximum atomic E-state index is 6.16. The molecule has 29 heavy (non-hydrogen) atoms. The second-order valence-electron chi connectivity index (χ2n) is 7.32. The first-order valence-corrected chi connectivity index (χ1v) is 10.3. The highest BCUT2D eigenvalue weighted by Crippen LogP contribution is 2.36. The van der Waals surface area contributed by atoms with Crippen LogP contribution in [0.5, 0.6) is 0 Å². The van der Waals surface area contributed by atoms with Gasteiger partial charge in [-0.2, -0.15) is 0 Å². The first-order chi connectivity index (χ1) is 13.5. The molecule has 1 saturated heterocycles. The number of aromatic nitrogens is 1. The lowest BCUT2D eigenvalue weighted by Gasteiger charge is -2.39. The van der Waals surface area contributed by atoms with Crippen LogP contribution in [0.3, 0.4) is 0 Å². The van der Waals surface area contributed by atoms with E-state index in [-0.39, 0.29) is 29.4 Å². The Balaban J connectivity index is 0.00000300. The van der Waals surface area contributed by atoms with Crippen LogP contribution in [0.2, 0.25) is 10.2 Å². The molecule has 0 radical (unpaired) electrons. The third kappa shape index (κ3) is 5.60. The van der Waals surface area contributed by atoms with Crippen LogP contribution < -0.4 is 10.6 Å². The van der Waals surface area contributed by atoms with Crippen molar-refractivity contribution in [2.45, 2.75) is 31.7 Å². The SMILES string of the molecule is CN=C(NCc1cc(Cl)c(Cl)n1C)NCC1(c2ccccc2C)CCOCC1.I. The van der Waals surface area contributed by atoms with Crippen molar-refractivity contribution in [2.75, 3.05) is 26.8 Å². The Hall–Kier alpha value is -0.960. The van der Waals surface area contributed by atoms with Gasteiger partial charge in [0.05, 0.1) is 11.6 Å². The van der Waals surface area contributed by atoms with Crippen LogP contribution in [-0.4, -0.2) is 37.3 Å². The second-order valence-corrected chi connectivity index (χ2v) is 8.09. The molecule has 2 heterocycles. The van der Waals surface area contributed by atoms with E-state index in [0.717, 1.165) is 44.3 Å². The van der Waals surface area contributed by atoms with E-state index in [2.05, 4.69) is 46.8 Å². The predicted molar refractivity (Wildman–Crippen MR) is 132 cm³/mol. The van der Waals surface area contributed by atoms with Crippen molar-refractivity contribution >= 4 is 53.1 Å². The fraction of sp³-hybridized carbons (Fsp3) is 0.476. The molecule has 0 aliphatic carbocycles. The summed E-state index contributed by atoms with van der Waals surface area (Å²) in [6, 6.07) is 10.5. The fourth-order valence-electron chi connectivity index (χ4n) is 3.88. The molecule has 5 nitrogen and oxygen atoms in total. The summed E-state index contributed by atoms with van der Waals surface area (Å²) in [6.45, 7) is 5.13. The van der Waals surface area contributed by atoms with Gasteiger partial charge >= 0.3 is 0 Å². The fourth-order valence-corrected chi connectivity index (χ4v) is 4.29. The van der Waals surface area contributed by atoms with Crippen LogP contribution in [-0.2, 0) is 23.7 Å². The lowest BCUT2D eigenvalue weighted by atomic mass is 9.72. The smallest absolute Gasteiger partial charge is 0.191 e. The zero-order valence-electron chi connectivity index (χ0n) is 17.1. The monoisotopic (exact) mass is 550 g/mol. The number of halogens is 3. The number of aliphatic imine (C=N–C) groups is 1. The molecule has 0 atom stereocenters. The highest BCUT2D eigenvalue weighted by Gasteiger charge is 2.35. The van der Waals surface area contributed by atoms with Gasteiger partial charge in [-0.25, -0.2) is 0 Å². The number of benzene rings is 1. The van der Waals surface area contributed by atoms with Crippen LogP contribution >= 0.6 is 47.2 Å². The summed E-state index contributed by atoms with van der Waals surface area (Å²) in [5.41, 5.74) is 3.75. The number of hydrogen-bond donors (Lipinski definition) is 2. The summed E-state index contributed by atoms with van der Waals surface area (Å²) in [7, 11) is 3.68. The van der Waals surface area contributed by atoms with Gasteiger partial charge < -0.3 is 19.9 Å². The highest BCUT2D eigenvalue weighted by atomic mass is 127. The van der Waals surface area contributed by atoms with Gasteiger partial charge in [0.15, 0.2) is 5.96 Å². The van der Waals surface area contributed by atoms with Crippen molar-refractivity contribution in [3.63, 3.8) is 0 Å². The molecule has 1 aliphatic rings. The van der Waals surface area contributed by atoms with Crippen molar-refractivity contribution in [2.24, 2.45) is 12.0 Å². The van der Waals surface area contributed by atoms with E-state index in [9.17, 15) is 0 Å². The topological polar surface area (TPSA) is 50.6 Å². The molecule has 1 aromatic carbocycles. The minimum atomic E-state index is 0. The van der Waals surface area contributed by atoms with Gasteiger partial charge in [-0.1, -0.05) is 47.5 Å². The maximum absolute atomic E-state index is 6.16. The van der Waals surface area contributed by atoms with Crippen molar-refractivity contribution in [3.8, 4) is 0 Å². The van der Waals surface area contributed by atoms with Crippen LogP contribution in [0, 0.1) is 6.92 Å². The molecular formula is C21H29Cl2IN4O. The number of aryl methyl sites for hydroxylation is 1. The van der Waals surface area contributed by atoms with Crippen LogP contribution in [0.25, 0.3) is 0 Å². The molecule has 0 amide bonds. The Bertz CT molecular complexity index is 847. The van der Waals surface area contributed by atoms with E-state index >= 15 is 0 Å². The molecular weight excluding hydrogens is 522 g/mol. The number of nitrogens with one attached hydrogen (secondary N) is 2. The zero-order valence-corrected chi connectivity index (χ0v) is 20.9. The zero-order chi connectivity index (χ0) is 20.1. The number of ether oxygens (including phenoxy) is 1. The second kappa shape index (κ2) is 10.9. The average molecular weight is 551 g/mol. The molecule has 0 unspecified atom stereocenters. The number of hydrogen-bond acceptors (Lipinski definition) is 2. The molecule has 0 spiro atoms. The van der Waals surface area contributed by atoms with E-state index in [4.69, 9.17) is 27.9 Å². The normalized spacial score (nSPS) is 16.2. The van der Waals surface area contributed by atoms with Gasteiger partial charge in [0.2, 0.25) is 0 Å². The molecule has 3 rings (SSSR count). The summed E-state index contributed by atoms with van der Waals surface area (Å²) < 4.78 is 7.52. The summed E-state index contributed by atoms with van der Waals surface area (Å²) in [4.78, 5) is 4.38. The van der Waals surface area contributed by atoms with Gasteiger partial charge in [0.1, 0.15) is 5.15 Å². The Morgan fingerprint density at radius 2 is 1.90 bits per heavy atom. The van der Waals surface area contributed by atoms with Gasteiger partial charge in [-0.05, 0) is 37.0 Å². The largest absolute Gasteiger partial charge is 0.381 e. The van der Waals surface area contributed by atoms with Gasteiger partial charge in [-0.3, -0.25) is 4.99 Å². The first kappa shape index (κ1) is 24.3. The minimum Gasteiger partial charge on any atom is -0.381 e. The van der Waals surface area contributed by atoms with Crippen molar-refractivity contribution in [1.29, 1.82) is 0 Å². The van der Waals surface area contributed by atoms with E-state index in [1.54, 1.807) is 7.05 Å². The summed E-state index contributed by atoms with van der Waals surface area (Å²) in [5, 5.41) is 7.99. The number of nitrogens with zero attached hydrogens (tertiary/aromatic N) is 2. The Kier molecular flexibility index (Phi) is 9.13. The van der Waals surface area contributed by atoms with Gasteiger partial charge in [0, 0.05) is 45.0 Å². The lowest BCUT2D eigenvalue weighted by Crippen LogP contribution is -2.48. The standard InChI is InChI=1S/C21H28Cl2N4O.HI/c1-15-6-4-5-7-17(15)21(8-10-28-11-9-21)14-26-20(24-2)25-13-16-12-18(22)19(23)27(16)3;/h4-7,12H,8-11,13-14H2,1-3H3,(H2,24,25,26);1H. The number of rotatable bonds is 5. The molecule has 8 heteroatoms. The number of guanidine groups is 1. The van der Waals surface area contributed by atoms with E-state index in [1.165, 1.54) is 11.1 Å². The lowest BCUT2D eigenvalue weighted by molar-refractivity contribution is 0.0512. The van der Waals surface area contributed by atoms with Crippen LogP contribution in [0.1, 0.15) is 29.7 Å². The van der Waals surface area contributed by atoms with Gasteiger partial charge in [-0.15, -0.1) is 24.0 Å². The first-order valence-electron chi connectivity index (χ1n) is 9.55. The molecule has 0 bridgehead atoms. The van der Waals surface area contributed by atoms with Crippen molar-refractivity contribution < 1.29 is 4.74 Å². The molecule has 2 aromatic rings. The van der Waals surface area contributed by atoms with Crippen LogP contribution in [0.4, 0.5) is 0 Å². The van der Waals surface area contributed by atoms with Crippen molar-refractivity contribution in [1.82, 2.24) is 15.2 Å². The Morgan fingerprint density at radius 3 is 2.48 bits per heavy atom. The van der Waals surface area contributed by atoms with Crippen LogP contribution in [0.15, 0.2) is 35.3 Å². The molecule has 1 aromatic heterocycles. The third-order valence-corrected chi connectivity index (χ3v) is 6.48. The average Bonchev–Trinajstić information content (AvgIpc) is 2.96. The summed E-state index contributed by atoms with van der Waals surface area (Å²) >= 11 is 12.3. The summed E-state index contributed by atoms with van der Waals surface area (Å²) in [6.07, 6.45) is 1.98. The van der Waals surface area contributed by atoms with E-state index in [0.29, 0.717) is 16.7 Å². The Morgan fingerprint density at radius 1 is 1.21 bits per heavy atom. The van der Waals surface area contributed by atoms with E-state index < -0.39 is 0 Å². The van der Waals surface area contributed by atoms with E-state index in [1.807, 2.05) is 17.7 Å². The molecule has 1 aliphatic heterocycles. The molecule has 0 saturated carbocycles. The predicted octanol–water partition coefficient (Wildman–Crippen LogP) is 4.67. The maximum Gasteiger partial charge on any atom is 0.191 e. The molecule has 160 valence electrons. The summed E-state index contributed by atoms with van der Waals surface area (Å²) in [5.74, 6) is 0.757. The Labute approximate surface area is 200 Å². The van der Waals surface area contributed by atoms with Gasteiger partial charge in [0.25, 0.3) is 0 Å². The third-order valence-electron chi connectivity index (χ3n) is 5.64.